The highest BCUT2D eigenvalue weighted by atomic mass is 79.9. The zero-order chi connectivity index (χ0) is 26.7. The van der Waals surface area contributed by atoms with E-state index in [0.717, 1.165) is 5.56 Å². The Morgan fingerprint density at radius 3 is 2.43 bits per heavy atom. The standard InChI is InChI=1S/C28H23BrF2N2O4/c1-16-24(20-14-18(29)12-13-22(20)33-25(16)17-8-4-3-5-9-17)26(34)32-15-21(28(30,31)27(35)36)19-10-6-7-11-23(19)37-2/h3-14,21H,15H2,1-2H3,(H,32,34)(H,35,36). The molecule has 9 heteroatoms. The number of carboxylic acids is 1. The zero-order valence-electron chi connectivity index (χ0n) is 20.0. The Kier molecular flexibility index (Phi) is 7.54. The number of alkyl halides is 2. The van der Waals surface area contributed by atoms with Gasteiger partial charge in [0.05, 0.1) is 29.8 Å². The molecule has 4 rings (SSSR count). The molecule has 1 unspecified atom stereocenters. The molecule has 0 aliphatic carbocycles. The number of nitrogens with one attached hydrogen (secondary N) is 1. The minimum atomic E-state index is -4.17. The predicted octanol–water partition coefficient (Wildman–Crippen LogP) is 6.21. The van der Waals surface area contributed by atoms with Gasteiger partial charge in [0, 0.05) is 27.5 Å². The lowest BCUT2D eigenvalue weighted by Crippen LogP contribution is -2.42. The van der Waals surface area contributed by atoms with E-state index in [9.17, 15) is 23.5 Å². The number of carbonyl (C=O) groups is 2. The van der Waals surface area contributed by atoms with Gasteiger partial charge >= 0.3 is 11.9 Å². The number of aliphatic carboxylic acids is 1. The summed E-state index contributed by atoms with van der Waals surface area (Å²) in [5.41, 5.74) is 2.73. The van der Waals surface area contributed by atoms with Crippen LogP contribution >= 0.6 is 15.9 Å². The van der Waals surface area contributed by atoms with E-state index in [1.807, 2.05) is 30.3 Å². The Morgan fingerprint density at radius 2 is 1.76 bits per heavy atom. The first kappa shape index (κ1) is 26.2. The molecule has 0 radical (unpaired) electrons. The van der Waals surface area contributed by atoms with E-state index in [-0.39, 0.29) is 16.9 Å². The van der Waals surface area contributed by atoms with Gasteiger partial charge in [-0.15, -0.1) is 0 Å². The van der Waals surface area contributed by atoms with Crippen molar-refractivity contribution >= 4 is 38.7 Å². The number of fused-ring (bicyclic) bond motifs is 1. The fourth-order valence-corrected chi connectivity index (χ4v) is 4.68. The number of para-hydroxylation sites is 1. The molecule has 0 aliphatic heterocycles. The van der Waals surface area contributed by atoms with Gasteiger partial charge in [0.2, 0.25) is 0 Å². The van der Waals surface area contributed by atoms with Crippen LogP contribution in [0.4, 0.5) is 8.78 Å². The first-order chi connectivity index (χ1) is 17.6. The highest BCUT2D eigenvalue weighted by Crippen LogP contribution is 2.38. The van der Waals surface area contributed by atoms with Gasteiger partial charge in [-0.3, -0.25) is 4.79 Å². The van der Waals surface area contributed by atoms with E-state index in [2.05, 4.69) is 21.2 Å². The van der Waals surface area contributed by atoms with Crippen molar-refractivity contribution in [3.05, 3.63) is 94.0 Å². The van der Waals surface area contributed by atoms with E-state index in [1.165, 1.54) is 25.3 Å². The summed E-state index contributed by atoms with van der Waals surface area (Å²) < 4.78 is 35.7. The molecule has 3 aromatic carbocycles. The van der Waals surface area contributed by atoms with Crippen LogP contribution in [0, 0.1) is 6.92 Å². The minimum absolute atomic E-state index is 0.0262. The van der Waals surface area contributed by atoms with Crippen LogP contribution in [-0.2, 0) is 4.79 Å². The summed E-state index contributed by atoms with van der Waals surface area (Å²) >= 11 is 3.42. The first-order valence-electron chi connectivity index (χ1n) is 11.3. The topological polar surface area (TPSA) is 88.5 Å². The van der Waals surface area contributed by atoms with E-state index in [1.54, 1.807) is 31.2 Å². The molecule has 0 saturated carbocycles. The largest absolute Gasteiger partial charge is 0.496 e. The maximum absolute atomic E-state index is 14.9. The quantitative estimate of drug-likeness (QED) is 0.263. The molecule has 0 spiro atoms. The number of carbonyl (C=O) groups excluding carboxylic acids is 1. The lowest BCUT2D eigenvalue weighted by Gasteiger charge is -2.26. The van der Waals surface area contributed by atoms with Gasteiger partial charge in [0.25, 0.3) is 5.91 Å². The third-order valence-electron chi connectivity index (χ3n) is 6.17. The molecule has 0 aliphatic rings. The van der Waals surface area contributed by atoms with Crippen molar-refractivity contribution in [2.45, 2.75) is 18.8 Å². The van der Waals surface area contributed by atoms with Crippen molar-refractivity contribution < 1.29 is 28.2 Å². The number of halogens is 3. The van der Waals surface area contributed by atoms with Gasteiger partial charge in [-0.05, 0) is 36.8 Å². The van der Waals surface area contributed by atoms with Crippen LogP contribution in [0.2, 0.25) is 0 Å². The molecule has 1 heterocycles. The van der Waals surface area contributed by atoms with Crippen LogP contribution in [0.5, 0.6) is 5.75 Å². The Labute approximate surface area is 220 Å². The van der Waals surface area contributed by atoms with Crippen molar-refractivity contribution in [2.75, 3.05) is 13.7 Å². The molecule has 1 amide bonds. The lowest BCUT2D eigenvalue weighted by atomic mass is 9.91. The number of carboxylic acid groups (broad SMARTS) is 1. The SMILES string of the molecule is COc1ccccc1C(CNC(=O)c1c(C)c(-c2ccccc2)nc2ccc(Br)cc12)C(F)(F)C(=O)O. The lowest BCUT2D eigenvalue weighted by molar-refractivity contribution is -0.168. The minimum Gasteiger partial charge on any atom is -0.496 e. The second-order valence-electron chi connectivity index (χ2n) is 8.42. The number of benzene rings is 3. The molecule has 4 aromatic rings. The Morgan fingerprint density at radius 1 is 1.08 bits per heavy atom. The summed E-state index contributed by atoms with van der Waals surface area (Å²) in [4.78, 5) is 29.8. The van der Waals surface area contributed by atoms with Gasteiger partial charge in [0.15, 0.2) is 0 Å². The summed E-state index contributed by atoms with van der Waals surface area (Å²) in [6.45, 7) is 1.10. The summed E-state index contributed by atoms with van der Waals surface area (Å²) in [6, 6.07) is 20.5. The highest BCUT2D eigenvalue weighted by molar-refractivity contribution is 9.10. The number of pyridine rings is 1. The number of amides is 1. The molecule has 37 heavy (non-hydrogen) atoms. The number of methoxy groups -OCH3 is 1. The second-order valence-corrected chi connectivity index (χ2v) is 9.34. The highest BCUT2D eigenvalue weighted by Gasteiger charge is 2.49. The molecular formula is C28H23BrF2N2O4. The monoisotopic (exact) mass is 568 g/mol. The van der Waals surface area contributed by atoms with Crippen LogP contribution < -0.4 is 10.1 Å². The molecule has 1 aromatic heterocycles. The predicted molar refractivity (Wildman–Crippen MR) is 140 cm³/mol. The molecule has 0 fully saturated rings. The molecule has 2 N–H and O–H groups in total. The van der Waals surface area contributed by atoms with Gasteiger partial charge < -0.3 is 15.2 Å². The van der Waals surface area contributed by atoms with Crippen molar-refractivity contribution in [1.82, 2.24) is 10.3 Å². The van der Waals surface area contributed by atoms with Crippen LogP contribution in [0.25, 0.3) is 22.2 Å². The van der Waals surface area contributed by atoms with E-state index < -0.39 is 30.3 Å². The van der Waals surface area contributed by atoms with Gasteiger partial charge in [0.1, 0.15) is 5.75 Å². The van der Waals surface area contributed by atoms with Crippen LogP contribution in [-0.4, -0.2) is 41.5 Å². The maximum Gasteiger partial charge on any atom is 0.375 e. The van der Waals surface area contributed by atoms with Crippen molar-refractivity contribution in [1.29, 1.82) is 0 Å². The first-order valence-corrected chi connectivity index (χ1v) is 12.1. The molecule has 0 saturated heterocycles. The zero-order valence-corrected chi connectivity index (χ0v) is 21.6. The molecule has 1 atom stereocenters. The number of hydrogen-bond donors (Lipinski definition) is 2. The third-order valence-corrected chi connectivity index (χ3v) is 6.66. The van der Waals surface area contributed by atoms with E-state index in [4.69, 9.17) is 9.72 Å². The summed E-state index contributed by atoms with van der Waals surface area (Å²) in [5, 5.41) is 12.4. The Balaban J connectivity index is 1.79. The van der Waals surface area contributed by atoms with Gasteiger partial charge in [-0.2, -0.15) is 8.78 Å². The fraction of sp³-hybridized carbons (Fsp3) is 0.179. The Hall–Kier alpha value is -3.85. The van der Waals surface area contributed by atoms with E-state index >= 15 is 0 Å². The average Bonchev–Trinajstić information content (AvgIpc) is 2.89. The smallest absolute Gasteiger partial charge is 0.375 e. The van der Waals surface area contributed by atoms with Gasteiger partial charge in [-0.1, -0.05) is 64.5 Å². The van der Waals surface area contributed by atoms with Crippen LogP contribution in [0.1, 0.15) is 27.4 Å². The van der Waals surface area contributed by atoms with Crippen molar-refractivity contribution in [3.8, 4) is 17.0 Å². The second kappa shape index (κ2) is 10.6. The third kappa shape index (κ3) is 5.17. The fourth-order valence-electron chi connectivity index (χ4n) is 4.32. The number of hydrogen-bond acceptors (Lipinski definition) is 4. The summed E-state index contributed by atoms with van der Waals surface area (Å²) in [5.74, 6) is -8.86. The van der Waals surface area contributed by atoms with Gasteiger partial charge in [-0.25, -0.2) is 9.78 Å². The Bertz CT molecular complexity index is 1480. The van der Waals surface area contributed by atoms with Crippen molar-refractivity contribution in [2.24, 2.45) is 0 Å². The summed E-state index contributed by atoms with van der Waals surface area (Å²) in [7, 11) is 1.31. The molecule has 0 bridgehead atoms. The summed E-state index contributed by atoms with van der Waals surface area (Å²) in [6.07, 6.45) is 0. The van der Waals surface area contributed by atoms with E-state index in [0.29, 0.717) is 26.6 Å². The normalized spacial score (nSPS) is 12.2. The number of aromatic nitrogens is 1. The number of ether oxygens (including phenoxy) is 1. The van der Waals surface area contributed by atoms with Crippen molar-refractivity contribution in [3.63, 3.8) is 0 Å². The van der Waals surface area contributed by atoms with Crippen LogP contribution in [0.3, 0.4) is 0 Å². The average molecular weight is 569 g/mol. The number of nitrogens with zero attached hydrogens (tertiary/aromatic N) is 1. The molecule has 6 nitrogen and oxygen atoms in total. The van der Waals surface area contributed by atoms with Crippen LogP contribution in [0.15, 0.2) is 77.3 Å². The maximum atomic E-state index is 14.9. The molecular weight excluding hydrogens is 546 g/mol. The number of rotatable bonds is 8. The molecule has 190 valence electrons.